The highest BCUT2D eigenvalue weighted by molar-refractivity contribution is 5.50. The fraction of sp³-hybridized carbons (Fsp3) is 0.364. The fourth-order valence-corrected chi connectivity index (χ4v) is 1.69. The number of hydrogen-bond acceptors (Lipinski definition) is 3. The van der Waals surface area contributed by atoms with Gasteiger partial charge in [-0.05, 0) is 31.0 Å². The van der Waals surface area contributed by atoms with Crippen molar-refractivity contribution in [1.82, 2.24) is 0 Å². The van der Waals surface area contributed by atoms with Crippen LogP contribution in [0, 0.1) is 11.3 Å². The van der Waals surface area contributed by atoms with Crippen LogP contribution in [0.2, 0.25) is 0 Å². The van der Waals surface area contributed by atoms with E-state index in [0.717, 1.165) is 18.5 Å². The first-order chi connectivity index (χ1) is 6.78. The van der Waals surface area contributed by atoms with E-state index in [9.17, 15) is 0 Å². The van der Waals surface area contributed by atoms with E-state index in [1.54, 1.807) is 6.07 Å². The molecule has 3 heteroatoms. The van der Waals surface area contributed by atoms with Crippen molar-refractivity contribution in [2.75, 3.05) is 5.32 Å². The van der Waals surface area contributed by atoms with Crippen LogP contribution in [0.15, 0.2) is 24.3 Å². The predicted octanol–water partition coefficient (Wildman–Crippen LogP) is 1.46. The SMILES string of the molecule is N#Cc1cccc(NC2CC(N)C2)c1. The first-order valence-corrected chi connectivity index (χ1v) is 4.80. The Labute approximate surface area is 83.5 Å². The molecule has 0 aromatic heterocycles. The lowest BCUT2D eigenvalue weighted by atomic mass is 9.87. The summed E-state index contributed by atoms with van der Waals surface area (Å²) in [5, 5.41) is 12.1. The molecule has 0 heterocycles. The molecule has 3 nitrogen and oxygen atoms in total. The third kappa shape index (κ3) is 1.86. The van der Waals surface area contributed by atoms with E-state index in [1.807, 2.05) is 18.2 Å². The van der Waals surface area contributed by atoms with Crippen LogP contribution < -0.4 is 11.1 Å². The lowest BCUT2D eigenvalue weighted by Gasteiger charge is -2.33. The first kappa shape index (κ1) is 9.04. The molecule has 0 radical (unpaired) electrons. The van der Waals surface area contributed by atoms with Crippen LogP contribution in [0.3, 0.4) is 0 Å². The van der Waals surface area contributed by atoms with Crippen molar-refractivity contribution in [3.63, 3.8) is 0 Å². The Bertz CT molecular complexity index is 361. The molecule has 0 unspecified atom stereocenters. The van der Waals surface area contributed by atoms with Crippen molar-refractivity contribution < 1.29 is 0 Å². The molecule has 0 spiro atoms. The number of nitrogens with zero attached hydrogens (tertiary/aromatic N) is 1. The zero-order valence-electron chi connectivity index (χ0n) is 7.90. The topological polar surface area (TPSA) is 61.8 Å². The molecule has 1 aromatic rings. The summed E-state index contributed by atoms with van der Waals surface area (Å²) < 4.78 is 0. The molecule has 1 fully saturated rings. The van der Waals surface area contributed by atoms with E-state index in [4.69, 9.17) is 11.0 Å². The Balaban J connectivity index is 2.00. The quantitative estimate of drug-likeness (QED) is 0.736. The second-order valence-corrected chi connectivity index (χ2v) is 3.77. The minimum absolute atomic E-state index is 0.353. The molecule has 1 aromatic carbocycles. The molecular formula is C11H13N3. The molecule has 1 saturated carbocycles. The molecule has 0 amide bonds. The second-order valence-electron chi connectivity index (χ2n) is 3.77. The average Bonchev–Trinajstić information content (AvgIpc) is 2.16. The Hall–Kier alpha value is -1.53. The zero-order chi connectivity index (χ0) is 9.97. The van der Waals surface area contributed by atoms with Crippen LogP contribution in [0.5, 0.6) is 0 Å². The molecule has 0 bridgehead atoms. The van der Waals surface area contributed by atoms with Gasteiger partial charge in [-0.25, -0.2) is 0 Å². The molecule has 1 aliphatic carbocycles. The van der Waals surface area contributed by atoms with Gasteiger partial charge in [-0.2, -0.15) is 5.26 Å². The van der Waals surface area contributed by atoms with Crippen molar-refractivity contribution in [2.24, 2.45) is 5.73 Å². The van der Waals surface area contributed by atoms with Gasteiger partial charge in [-0.3, -0.25) is 0 Å². The summed E-state index contributed by atoms with van der Waals surface area (Å²) in [6.45, 7) is 0. The van der Waals surface area contributed by atoms with E-state index in [0.29, 0.717) is 17.6 Å². The van der Waals surface area contributed by atoms with Gasteiger partial charge < -0.3 is 11.1 Å². The smallest absolute Gasteiger partial charge is 0.0992 e. The van der Waals surface area contributed by atoms with Gasteiger partial charge in [0.1, 0.15) is 0 Å². The molecule has 3 N–H and O–H groups in total. The minimum Gasteiger partial charge on any atom is -0.382 e. The number of nitrogens with one attached hydrogen (secondary N) is 1. The van der Waals surface area contributed by atoms with Crippen LogP contribution >= 0.6 is 0 Å². The Morgan fingerprint density at radius 1 is 1.43 bits per heavy atom. The van der Waals surface area contributed by atoms with Gasteiger partial charge in [0.2, 0.25) is 0 Å². The summed E-state index contributed by atoms with van der Waals surface area (Å²) in [4.78, 5) is 0. The van der Waals surface area contributed by atoms with Crippen molar-refractivity contribution in [2.45, 2.75) is 24.9 Å². The molecular weight excluding hydrogens is 174 g/mol. The Morgan fingerprint density at radius 3 is 2.86 bits per heavy atom. The molecule has 72 valence electrons. The van der Waals surface area contributed by atoms with E-state index in [2.05, 4.69) is 11.4 Å². The van der Waals surface area contributed by atoms with Crippen molar-refractivity contribution in [1.29, 1.82) is 5.26 Å². The monoisotopic (exact) mass is 187 g/mol. The van der Waals surface area contributed by atoms with Crippen LogP contribution in [-0.4, -0.2) is 12.1 Å². The summed E-state index contributed by atoms with van der Waals surface area (Å²) in [5.41, 5.74) is 7.39. The van der Waals surface area contributed by atoms with Crippen molar-refractivity contribution >= 4 is 5.69 Å². The second kappa shape index (κ2) is 3.69. The lowest BCUT2D eigenvalue weighted by Crippen LogP contribution is -2.44. The zero-order valence-corrected chi connectivity index (χ0v) is 7.90. The fourth-order valence-electron chi connectivity index (χ4n) is 1.69. The van der Waals surface area contributed by atoms with Gasteiger partial charge in [-0.1, -0.05) is 6.07 Å². The number of nitriles is 1. The maximum atomic E-state index is 8.71. The molecule has 0 aliphatic heterocycles. The molecule has 0 saturated heterocycles. The van der Waals surface area contributed by atoms with Gasteiger partial charge in [0.15, 0.2) is 0 Å². The number of nitrogens with two attached hydrogens (primary N) is 1. The average molecular weight is 187 g/mol. The largest absolute Gasteiger partial charge is 0.382 e. The molecule has 2 rings (SSSR count). The van der Waals surface area contributed by atoms with E-state index < -0.39 is 0 Å². The van der Waals surface area contributed by atoms with Crippen molar-refractivity contribution in [3.05, 3.63) is 29.8 Å². The van der Waals surface area contributed by atoms with Gasteiger partial charge in [0, 0.05) is 17.8 Å². The van der Waals surface area contributed by atoms with E-state index in [-0.39, 0.29) is 0 Å². The number of hydrogen-bond donors (Lipinski definition) is 2. The molecule has 14 heavy (non-hydrogen) atoms. The number of benzene rings is 1. The van der Waals surface area contributed by atoms with Crippen LogP contribution in [-0.2, 0) is 0 Å². The standard InChI is InChI=1S/C11H13N3/c12-7-8-2-1-3-10(4-8)14-11-5-9(13)6-11/h1-4,9,11,14H,5-6,13H2. The summed E-state index contributed by atoms with van der Waals surface area (Å²) in [7, 11) is 0. The van der Waals surface area contributed by atoms with Gasteiger partial charge in [-0.15, -0.1) is 0 Å². The third-order valence-corrected chi connectivity index (χ3v) is 2.54. The Kier molecular flexibility index (Phi) is 2.38. The Morgan fingerprint density at radius 2 is 2.21 bits per heavy atom. The number of rotatable bonds is 2. The predicted molar refractivity (Wildman–Crippen MR) is 55.8 cm³/mol. The minimum atomic E-state index is 0.353. The van der Waals surface area contributed by atoms with Crippen LogP contribution in [0.4, 0.5) is 5.69 Å². The highest BCUT2D eigenvalue weighted by Gasteiger charge is 2.25. The summed E-state index contributed by atoms with van der Waals surface area (Å²) in [6.07, 6.45) is 2.05. The normalized spacial score (nSPS) is 24.9. The van der Waals surface area contributed by atoms with Crippen molar-refractivity contribution in [3.8, 4) is 6.07 Å². The maximum Gasteiger partial charge on any atom is 0.0992 e. The molecule has 1 aliphatic rings. The van der Waals surface area contributed by atoms with Crippen LogP contribution in [0.1, 0.15) is 18.4 Å². The molecule has 0 atom stereocenters. The van der Waals surface area contributed by atoms with Gasteiger partial charge >= 0.3 is 0 Å². The maximum absolute atomic E-state index is 8.71. The highest BCUT2D eigenvalue weighted by Crippen LogP contribution is 2.22. The summed E-state index contributed by atoms with van der Waals surface area (Å²) in [5.74, 6) is 0. The lowest BCUT2D eigenvalue weighted by molar-refractivity contribution is 0.373. The van der Waals surface area contributed by atoms with Gasteiger partial charge in [0.25, 0.3) is 0 Å². The first-order valence-electron chi connectivity index (χ1n) is 4.80. The third-order valence-electron chi connectivity index (χ3n) is 2.54. The van der Waals surface area contributed by atoms with E-state index in [1.165, 1.54) is 0 Å². The van der Waals surface area contributed by atoms with Crippen LogP contribution in [0.25, 0.3) is 0 Å². The highest BCUT2D eigenvalue weighted by atomic mass is 15.0. The number of anilines is 1. The summed E-state index contributed by atoms with van der Waals surface area (Å²) >= 11 is 0. The van der Waals surface area contributed by atoms with Gasteiger partial charge in [0.05, 0.1) is 11.6 Å². The summed E-state index contributed by atoms with van der Waals surface area (Å²) in [6, 6.07) is 10.5. The van der Waals surface area contributed by atoms with E-state index >= 15 is 0 Å².